The maximum absolute atomic E-state index is 5.73. The molecule has 0 saturated carbocycles. The first-order valence-electron chi connectivity index (χ1n) is 11.3. The lowest BCUT2D eigenvalue weighted by molar-refractivity contribution is 0.0341. The van der Waals surface area contributed by atoms with Crippen molar-refractivity contribution >= 4 is 5.96 Å². The molecule has 1 aliphatic rings. The normalized spacial score (nSPS) is 15.0. The second-order valence-corrected chi connectivity index (χ2v) is 7.76. The van der Waals surface area contributed by atoms with E-state index in [0.29, 0.717) is 0 Å². The van der Waals surface area contributed by atoms with Crippen LogP contribution >= 0.6 is 0 Å². The van der Waals surface area contributed by atoms with E-state index in [4.69, 9.17) is 9.47 Å². The number of aliphatic imine (C=N–C) groups is 1. The van der Waals surface area contributed by atoms with Crippen molar-refractivity contribution in [3.05, 3.63) is 65.2 Å². The summed E-state index contributed by atoms with van der Waals surface area (Å²) in [5, 5.41) is 6.88. The lowest BCUT2D eigenvalue weighted by Crippen LogP contribution is -2.38. The molecule has 0 unspecified atom stereocenters. The molecule has 2 N–H and O–H groups in total. The van der Waals surface area contributed by atoms with Crippen molar-refractivity contribution < 1.29 is 9.47 Å². The Bertz CT molecular complexity index is 819. The number of hydrogen-bond donors (Lipinski definition) is 2. The molecule has 0 bridgehead atoms. The molecule has 2 aromatic carbocycles. The molecule has 0 spiro atoms. The van der Waals surface area contributed by atoms with Crippen LogP contribution in [0.2, 0.25) is 0 Å². The fourth-order valence-corrected chi connectivity index (χ4v) is 3.62. The van der Waals surface area contributed by atoms with Crippen molar-refractivity contribution in [3.63, 3.8) is 0 Å². The third-order valence-corrected chi connectivity index (χ3v) is 5.36. The number of guanidine groups is 1. The zero-order valence-electron chi connectivity index (χ0n) is 18.9. The minimum atomic E-state index is 0.751. The number of benzene rings is 2. The molecule has 0 radical (unpaired) electrons. The van der Waals surface area contributed by atoms with Crippen LogP contribution < -0.4 is 15.4 Å². The summed E-state index contributed by atoms with van der Waals surface area (Å²) in [5.74, 6) is 1.76. The monoisotopic (exact) mass is 424 g/mol. The van der Waals surface area contributed by atoms with Gasteiger partial charge >= 0.3 is 0 Å². The van der Waals surface area contributed by atoms with E-state index in [1.807, 2.05) is 13.1 Å². The van der Waals surface area contributed by atoms with Gasteiger partial charge in [0.05, 0.1) is 19.8 Å². The van der Waals surface area contributed by atoms with Crippen LogP contribution in [0.25, 0.3) is 0 Å². The summed E-state index contributed by atoms with van der Waals surface area (Å²) in [7, 11) is 1.81. The number of rotatable bonds is 10. The summed E-state index contributed by atoms with van der Waals surface area (Å²) in [6.07, 6.45) is 1.93. The first-order chi connectivity index (χ1) is 15.3. The van der Waals surface area contributed by atoms with Gasteiger partial charge in [0, 0.05) is 39.8 Å². The Labute approximate surface area is 186 Å². The topological polar surface area (TPSA) is 58.1 Å². The second-order valence-electron chi connectivity index (χ2n) is 7.76. The molecule has 6 nitrogen and oxygen atoms in total. The fourth-order valence-electron chi connectivity index (χ4n) is 3.62. The summed E-state index contributed by atoms with van der Waals surface area (Å²) in [4.78, 5) is 6.83. The molecule has 1 fully saturated rings. The van der Waals surface area contributed by atoms with Crippen LogP contribution in [0.3, 0.4) is 0 Å². The van der Waals surface area contributed by atoms with E-state index >= 15 is 0 Å². The Kier molecular flexibility index (Phi) is 9.67. The average Bonchev–Trinajstić information content (AvgIpc) is 2.82. The smallest absolute Gasteiger partial charge is 0.191 e. The standard InChI is InChI=1S/C25H36N4O2/c1-3-15-31-24-10-6-7-21(18-24)11-12-27-25(26-2)28-19-22-8-4-5-9-23(22)20-29-13-16-30-17-14-29/h4-10,18H,3,11-17,19-20H2,1-2H3,(H2,26,27,28). The van der Waals surface area contributed by atoms with Gasteiger partial charge in [-0.2, -0.15) is 0 Å². The van der Waals surface area contributed by atoms with Gasteiger partial charge in [0.25, 0.3) is 0 Å². The Morgan fingerprint density at radius 3 is 2.65 bits per heavy atom. The predicted molar refractivity (Wildman–Crippen MR) is 127 cm³/mol. The molecule has 1 saturated heterocycles. The van der Waals surface area contributed by atoms with Crippen molar-refractivity contribution in [1.82, 2.24) is 15.5 Å². The van der Waals surface area contributed by atoms with E-state index in [0.717, 1.165) is 77.1 Å². The van der Waals surface area contributed by atoms with Gasteiger partial charge in [0.1, 0.15) is 5.75 Å². The van der Waals surface area contributed by atoms with E-state index < -0.39 is 0 Å². The van der Waals surface area contributed by atoms with E-state index in [-0.39, 0.29) is 0 Å². The molecule has 1 heterocycles. The number of ether oxygens (including phenoxy) is 2. The maximum Gasteiger partial charge on any atom is 0.191 e. The van der Waals surface area contributed by atoms with Crippen molar-refractivity contribution in [2.75, 3.05) is 46.5 Å². The third kappa shape index (κ3) is 7.89. The minimum Gasteiger partial charge on any atom is -0.494 e. The number of hydrogen-bond acceptors (Lipinski definition) is 4. The number of morpholine rings is 1. The van der Waals surface area contributed by atoms with Crippen LogP contribution in [0.15, 0.2) is 53.5 Å². The summed E-state index contributed by atoms with van der Waals surface area (Å²) in [6, 6.07) is 17.0. The van der Waals surface area contributed by atoms with Crippen LogP contribution in [0.1, 0.15) is 30.0 Å². The zero-order valence-corrected chi connectivity index (χ0v) is 18.9. The summed E-state index contributed by atoms with van der Waals surface area (Å²) >= 11 is 0. The Morgan fingerprint density at radius 2 is 1.87 bits per heavy atom. The summed E-state index contributed by atoms with van der Waals surface area (Å²) in [6.45, 7) is 9.04. The molecule has 0 atom stereocenters. The highest BCUT2D eigenvalue weighted by Gasteiger charge is 2.12. The van der Waals surface area contributed by atoms with Gasteiger partial charge in [0.15, 0.2) is 5.96 Å². The van der Waals surface area contributed by atoms with E-state index in [2.05, 4.69) is 69.9 Å². The molecule has 3 rings (SSSR count). The van der Waals surface area contributed by atoms with E-state index in [1.165, 1.54) is 16.7 Å². The lowest BCUT2D eigenvalue weighted by atomic mass is 10.1. The van der Waals surface area contributed by atoms with Gasteiger partial charge in [-0.1, -0.05) is 43.3 Å². The molecule has 0 aliphatic carbocycles. The average molecular weight is 425 g/mol. The van der Waals surface area contributed by atoms with Gasteiger partial charge in [-0.25, -0.2) is 0 Å². The highest BCUT2D eigenvalue weighted by molar-refractivity contribution is 5.79. The molecule has 168 valence electrons. The fraction of sp³-hybridized carbons (Fsp3) is 0.480. The second kappa shape index (κ2) is 13.0. The Hall–Kier alpha value is -2.57. The zero-order chi connectivity index (χ0) is 21.7. The SMILES string of the molecule is CCCOc1cccc(CCNC(=NC)NCc2ccccc2CN2CCOCC2)c1. The molecular formula is C25H36N4O2. The molecule has 31 heavy (non-hydrogen) atoms. The van der Waals surface area contributed by atoms with Crippen molar-refractivity contribution in [3.8, 4) is 5.75 Å². The highest BCUT2D eigenvalue weighted by atomic mass is 16.5. The van der Waals surface area contributed by atoms with Gasteiger partial charge in [-0.3, -0.25) is 9.89 Å². The molecule has 1 aliphatic heterocycles. The van der Waals surface area contributed by atoms with Crippen LogP contribution in [0.5, 0.6) is 5.75 Å². The summed E-state index contributed by atoms with van der Waals surface area (Å²) in [5.41, 5.74) is 3.92. The molecule has 0 amide bonds. The quantitative estimate of drug-likeness (QED) is 0.453. The number of nitrogens with one attached hydrogen (secondary N) is 2. The van der Waals surface area contributed by atoms with Crippen LogP contribution in [0.4, 0.5) is 0 Å². The Morgan fingerprint density at radius 1 is 1.06 bits per heavy atom. The van der Waals surface area contributed by atoms with Crippen LogP contribution in [-0.2, 0) is 24.2 Å². The van der Waals surface area contributed by atoms with E-state index in [9.17, 15) is 0 Å². The molecule has 0 aromatic heterocycles. The van der Waals surface area contributed by atoms with E-state index in [1.54, 1.807) is 0 Å². The van der Waals surface area contributed by atoms with Crippen molar-refractivity contribution in [2.24, 2.45) is 4.99 Å². The molecular weight excluding hydrogens is 388 g/mol. The third-order valence-electron chi connectivity index (χ3n) is 5.36. The first kappa shape index (κ1) is 23.1. The number of nitrogens with zero attached hydrogens (tertiary/aromatic N) is 2. The van der Waals surface area contributed by atoms with Crippen LogP contribution in [-0.4, -0.2) is 57.4 Å². The molecule has 2 aromatic rings. The highest BCUT2D eigenvalue weighted by Crippen LogP contribution is 2.14. The maximum atomic E-state index is 5.73. The first-order valence-corrected chi connectivity index (χ1v) is 11.3. The summed E-state index contributed by atoms with van der Waals surface area (Å²) < 4.78 is 11.2. The predicted octanol–water partition coefficient (Wildman–Crippen LogP) is 3.22. The van der Waals surface area contributed by atoms with Gasteiger partial charge < -0.3 is 20.1 Å². The minimum absolute atomic E-state index is 0.751. The van der Waals surface area contributed by atoms with Gasteiger partial charge in [-0.15, -0.1) is 0 Å². The largest absolute Gasteiger partial charge is 0.494 e. The van der Waals surface area contributed by atoms with Crippen molar-refractivity contribution in [2.45, 2.75) is 32.9 Å². The Balaban J connectivity index is 1.46. The van der Waals surface area contributed by atoms with Crippen molar-refractivity contribution in [1.29, 1.82) is 0 Å². The molecule has 6 heteroatoms. The van der Waals surface area contributed by atoms with Gasteiger partial charge in [-0.05, 0) is 41.7 Å². The lowest BCUT2D eigenvalue weighted by Gasteiger charge is -2.27. The van der Waals surface area contributed by atoms with Gasteiger partial charge in [0.2, 0.25) is 0 Å². The van der Waals surface area contributed by atoms with Crippen LogP contribution in [0, 0.1) is 0 Å².